The number of nitrogens with zero attached hydrogens (tertiary/aromatic N) is 1. The molecule has 0 unspecified atom stereocenters. The molecule has 1 rings (SSSR count). The molecule has 2 N–H and O–H groups in total. The topological polar surface area (TPSA) is 88.5 Å². The molecule has 1 heterocycles. The maximum atomic E-state index is 11.3. The van der Waals surface area contributed by atoms with Crippen LogP contribution in [0.25, 0.3) is 0 Å². The van der Waals surface area contributed by atoms with Crippen LogP contribution < -0.4 is 5.32 Å². The second-order valence-electron chi connectivity index (χ2n) is 3.58. The molecule has 0 aliphatic heterocycles. The Morgan fingerprint density at radius 1 is 1.56 bits per heavy atom. The second kappa shape index (κ2) is 7.78. The standard InChI is InChI=1S/C11H16N2O4S/c1-2-17-6-9(14)13-11-12-8(7-18-11)4-3-5-10(15)16/h7H,2-6H2,1H3,(H,15,16)(H,12,13,14). The van der Waals surface area contributed by atoms with Crippen molar-refractivity contribution in [1.29, 1.82) is 0 Å². The SMILES string of the molecule is CCOCC(=O)Nc1nc(CCCC(=O)O)cs1. The van der Waals surface area contributed by atoms with Crippen LogP contribution in [0.4, 0.5) is 5.13 Å². The number of thiazole rings is 1. The van der Waals surface area contributed by atoms with Gasteiger partial charge in [-0.05, 0) is 19.8 Å². The van der Waals surface area contributed by atoms with Crippen molar-refractivity contribution in [1.82, 2.24) is 4.98 Å². The summed E-state index contributed by atoms with van der Waals surface area (Å²) < 4.78 is 4.97. The average molecular weight is 272 g/mol. The first-order valence-corrected chi connectivity index (χ1v) is 6.53. The van der Waals surface area contributed by atoms with Crippen molar-refractivity contribution < 1.29 is 19.4 Å². The van der Waals surface area contributed by atoms with E-state index in [9.17, 15) is 9.59 Å². The molecule has 0 aromatic carbocycles. The number of carboxylic acids is 1. The molecule has 1 amide bonds. The number of aromatic nitrogens is 1. The van der Waals surface area contributed by atoms with E-state index in [0.29, 0.717) is 24.6 Å². The fraction of sp³-hybridized carbons (Fsp3) is 0.545. The number of nitrogens with one attached hydrogen (secondary N) is 1. The quantitative estimate of drug-likeness (QED) is 0.749. The van der Waals surface area contributed by atoms with Gasteiger partial charge >= 0.3 is 5.97 Å². The van der Waals surface area contributed by atoms with Gasteiger partial charge in [-0.1, -0.05) is 0 Å². The van der Waals surface area contributed by atoms with Gasteiger partial charge in [0.25, 0.3) is 5.91 Å². The van der Waals surface area contributed by atoms with Gasteiger partial charge < -0.3 is 9.84 Å². The van der Waals surface area contributed by atoms with Gasteiger partial charge in [-0.3, -0.25) is 14.9 Å². The average Bonchev–Trinajstić information content (AvgIpc) is 2.73. The van der Waals surface area contributed by atoms with E-state index in [-0.39, 0.29) is 18.9 Å². The third-order valence-electron chi connectivity index (χ3n) is 2.06. The molecule has 0 bridgehead atoms. The van der Waals surface area contributed by atoms with Gasteiger partial charge in [0, 0.05) is 18.4 Å². The molecule has 1 aromatic heterocycles. The van der Waals surface area contributed by atoms with E-state index in [1.54, 1.807) is 0 Å². The van der Waals surface area contributed by atoms with Crippen LogP contribution in [-0.4, -0.2) is 35.2 Å². The third-order valence-corrected chi connectivity index (χ3v) is 2.87. The molecule has 18 heavy (non-hydrogen) atoms. The van der Waals surface area contributed by atoms with Crippen LogP contribution in [0.5, 0.6) is 0 Å². The van der Waals surface area contributed by atoms with Crippen LogP contribution in [0.3, 0.4) is 0 Å². The first kappa shape index (κ1) is 14.6. The highest BCUT2D eigenvalue weighted by Gasteiger charge is 2.07. The summed E-state index contributed by atoms with van der Waals surface area (Å²) in [4.78, 5) is 25.9. The lowest BCUT2D eigenvalue weighted by atomic mass is 10.2. The van der Waals surface area contributed by atoms with Crippen molar-refractivity contribution in [2.45, 2.75) is 26.2 Å². The number of ether oxygens (including phenoxy) is 1. The highest BCUT2D eigenvalue weighted by Crippen LogP contribution is 2.16. The Hall–Kier alpha value is -1.47. The van der Waals surface area contributed by atoms with Crippen LogP contribution in [0.1, 0.15) is 25.5 Å². The summed E-state index contributed by atoms with van der Waals surface area (Å²) in [5, 5.41) is 13.5. The number of hydrogen-bond donors (Lipinski definition) is 2. The fourth-order valence-electron chi connectivity index (χ4n) is 1.25. The second-order valence-corrected chi connectivity index (χ2v) is 4.43. The molecule has 0 aliphatic rings. The third kappa shape index (κ3) is 5.74. The molecule has 0 radical (unpaired) electrons. The number of hydrogen-bond acceptors (Lipinski definition) is 5. The summed E-state index contributed by atoms with van der Waals surface area (Å²) in [5.74, 6) is -1.04. The van der Waals surface area contributed by atoms with E-state index in [4.69, 9.17) is 9.84 Å². The molecule has 0 spiro atoms. The minimum Gasteiger partial charge on any atom is -0.481 e. The molecular weight excluding hydrogens is 256 g/mol. The number of carbonyl (C=O) groups excluding carboxylic acids is 1. The van der Waals surface area contributed by atoms with Crippen molar-refractivity contribution >= 4 is 28.3 Å². The Kier molecular flexibility index (Phi) is 6.31. The van der Waals surface area contributed by atoms with Crippen LogP contribution in [-0.2, 0) is 20.7 Å². The summed E-state index contributed by atoms with van der Waals surface area (Å²) >= 11 is 1.32. The van der Waals surface area contributed by atoms with Gasteiger partial charge in [-0.25, -0.2) is 4.98 Å². The highest BCUT2D eigenvalue weighted by molar-refractivity contribution is 7.13. The van der Waals surface area contributed by atoms with Gasteiger partial charge in [0.15, 0.2) is 5.13 Å². The van der Waals surface area contributed by atoms with Crippen molar-refractivity contribution in [3.8, 4) is 0 Å². The summed E-state index contributed by atoms with van der Waals surface area (Å²) in [6.07, 6.45) is 1.28. The van der Waals surface area contributed by atoms with Crippen molar-refractivity contribution in [2.75, 3.05) is 18.5 Å². The number of amides is 1. The number of carbonyl (C=O) groups is 2. The molecule has 0 atom stereocenters. The van der Waals surface area contributed by atoms with Crippen LogP contribution in [0.2, 0.25) is 0 Å². The van der Waals surface area contributed by atoms with Gasteiger partial charge in [0.1, 0.15) is 6.61 Å². The minimum atomic E-state index is -0.810. The first-order chi connectivity index (χ1) is 8.61. The van der Waals surface area contributed by atoms with E-state index in [1.165, 1.54) is 11.3 Å². The Balaban J connectivity index is 2.33. The predicted octanol–water partition coefficient (Wildman–Crippen LogP) is 1.53. The number of aliphatic carboxylic acids is 1. The number of rotatable bonds is 8. The molecule has 100 valence electrons. The summed E-state index contributed by atoms with van der Waals surface area (Å²) in [7, 11) is 0. The molecule has 7 heteroatoms. The zero-order chi connectivity index (χ0) is 13.4. The lowest BCUT2D eigenvalue weighted by Gasteiger charge is -2.00. The van der Waals surface area contributed by atoms with Crippen molar-refractivity contribution in [2.24, 2.45) is 0 Å². The molecule has 0 aliphatic carbocycles. The van der Waals surface area contributed by atoms with E-state index in [1.807, 2.05) is 12.3 Å². The lowest BCUT2D eigenvalue weighted by Crippen LogP contribution is -2.18. The summed E-state index contributed by atoms with van der Waals surface area (Å²) in [5.41, 5.74) is 0.799. The van der Waals surface area contributed by atoms with Gasteiger partial charge in [-0.15, -0.1) is 11.3 Å². The molecule has 1 aromatic rings. The van der Waals surface area contributed by atoms with E-state index in [0.717, 1.165) is 5.69 Å². The fourth-order valence-corrected chi connectivity index (χ4v) is 2.01. The first-order valence-electron chi connectivity index (χ1n) is 5.65. The zero-order valence-electron chi connectivity index (χ0n) is 10.1. The lowest BCUT2D eigenvalue weighted by molar-refractivity contribution is -0.137. The van der Waals surface area contributed by atoms with Crippen molar-refractivity contribution in [3.63, 3.8) is 0 Å². The highest BCUT2D eigenvalue weighted by atomic mass is 32.1. The molecule has 6 nitrogen and oxygen atoms in total. The molecule has 0 saturated carbocycles. The van der Waals surface area contributed by atoms with E-state index < -0.39 is 5.97 Å². The van der Waals surface area contributed by atoms with Crippen LogP contribution in [0.15, 0.2) is 5.38 Å². The monoisotopic (exact) mass is 272 g/mol. The Bertz CT molecular complexity index is 406. The Morgan fingerprint density at radius 3 is 3.00 bits per heavy atom. The number of aryl methyl sites for hydroxylation is 1. The molecule has 0 saturated heterocycles. The van der Waals surface area contributed by atoms with Gasteiger partial charge in [-0.2, -0.15) is 0 Å². The van der Waals surface area contributed by atoms with Crippen LogP contribution in [0, 0.1) is 0 Å². The molecule has 0 fully saturated rings. The predicted molar refractivity (Wildman–Crippen MR) is 67.8 cm³/mol. The van der Waals surface area contributed by atoms with Crippen LogP contribution >= 0.6 is 11.3 Å². The zero-order valence-corrected chi connectivity index (χ0v) is 11.0. The number of anilines is 1. The summed E-state index contributed by atoms with van der Waals surface area (Å²) in [6, 6.07) is 0. The number of carboxylic acid groups (broad SMARTS) is 1. The summed E-state index contributed by atoms with van der Waals surface area (Å²) in [6.45, 7) is 2.33. The molecular formula is C11H16N2O4S. The minimum absolute atomic E-state index is 0.0183. The van der Waals surface area contributed by atoms with E-state index in [2.05, 4.69) is 10.3 Å². The van der Waals surface area contributed by atoms with Gasteiger partial charge in [0.05, 0.1) is 5.69 Å². The van der Waals surface area contributed by atoms with E-state index >= 15 is 0 Å². The normalized spacial score (nSPS) is 10.3. The Morgan fingerprint density at radius 2 is 2.33 bits per heavy atom. The Labute approximate surface area is 109 Å². The smallest absolute Gasteiger partial charge is 0.303 e. The largest absolute Gasteiger partial charge is 0.481 e. The van der Waals surface area contributed by atoms with Gasteiger partial charge in [0.2, 0.25) is 0 Å². The maximum absolute atomic E-state index is 11.3. The maximum Gasteiger partial charge on any atom is 0.303 e. The van der Waals surface area contributed by atoms with Crippen molar-refractivity contribution in [3.05, 3.63) is 11.1 Å².